The number of hydrogen-bond donors (Lipinski definition) is 2. The number of carbonyl (C=O) groups is 3. The van der Waals surface area contributed by atoms with Crippen LogP contribution in [0.15, 0.2) is 30.3 Å². The van der Waals surface area contributed by atoms with Crippen molar-refractivity contribution in [1.82, 2.24) is 25.6 Å². The molecule has 0 radical (unpaired) electrons. The van der Waals surface area contributed by atoms with E-state index < -0.39 is 6.29 Å². The molecule has 4 amide bonds. The van der Waals surface area contributed by atoms with Gasteiger partial charge in [0.1, 0.15) is 0 Å². The predicted molar refractivity (Wildman–Crippen MR) is 128 cm³/mol. The molecular formula is C26H37N5O3. The molecule has 1 aromatic carbocycles. The Kier molecular flexibility index (Phi) is 6.77. The third-order valence-electron chi connectivity index (χ3n) is 8.03. The molecule has 4 unspecified atom stereocenters. The van der Waals surface area contributed by atoms with Gasteiger partial charge < -0.3 is 10.2 Å². The number of hydrogen-bond acceptors (Lipinski definition) is 4. The molecule has 2 saturated carbocycles. The Morgan fingerprint density at radius 2 is 1.82 bits per heavy atom. The van der Waals surface area contributed by atoms with E-state index in [1.807, 2.05) is 40.1 Å². The van der Waals surface area contributed by atoms with Crippen molar-refractivity contribution < 1.29 is 14.4 Å². The standard InChI is InChI=1S/C26H37N5O3/c1-2-15-29-24(33)21-14-13-19(23(32)27-20-11-7-4-8-12-20)16-22(21)31-25(29)28-30(26(31)34)17-18-9-5-3-6-10-18/h3,5-6,9-10,19-22,25,28H,2,4,7-8,11-17H2,1H3,(H,27,32). The molecule has 0 aromatic heterocycles. The van der Waals surface area contributed by atoms with Crippen molar-refractivity contribution in [3.05, 3.63) is 35.9 Å². The maximum absolute atomic E-state index is 13.6. The Labute approximate surface area is 202 Å². The van der Waals surface area contributed by atoms with Crippen LogP contribution in [-0.4, -0.2) is 57.6 Å². The number of hydrazine groups is 1. The van der Waals surface area contributed by atoms with E-state index in [9.17, 15) is 14.4 Å². The fourth-order valence-electron chi connectivity index (χ4n) is 6.28. The van der Waals surface area contributed by atoms with Gasteiger partial charge in [0.15, 0.2) is 6.29 Å². The Hall–Kier alpha value is -2.61. The highest BCUT2D eigenvalue weighted by molar-refractivity contribution is 5.87. The van der Waals surface area contributed by atoms with Crippen molar-refractivity contribution in [3.8, 4) is 0 Å². The van der Waals surface area contributed by atoms with E-state index in [1.165, 1.54) is 19.3 Å². The third kappa shape index (κ3) is 4.40. The van der Waals surface area contributed by atoms with Gasteiger partial charge in [0.25, 0.3) is 0 Å². The second kappa shape index (κ2) is 9.94. The third-order valence-corrected chi connectivity index (χ3v) is 8.03. The lowest BCUT2D eigenvalue weighted by Gasteiger charge is -2.49. The van der Waals surface area contributed by atoms with E-state index in [1.54, 1.807) is 5.01 Å². The normalized spacial score (nSPS) is 29.7. The predicted octanol–water partition coefficient (Wildman–Crippen LogP) is 3.20. The first-order valence-electron chi connectivity index (χ1n) is 13.1. The summed E-state index contributed by atoms with van der Waals surface area (Å²) in [7, 11) is 0. The van der Waals surface area contributed by atoms with Crippen LogP contribution in [0, 0.1) is 11.8 Å². The lowest BCUT2D eigenvalue weighted by Crippen LogP contribution is -2.67. The monoisotopic (exact) mass is 467 g/mol. The summed E-state index contributed by atoms with van der Waals surface area (Å²) in [6.45, 7) is 3.09. The first-order valence-corrected chi connectivity index (χ1v) is 13.1. The number of fused-ring (bicyclic) bond motifs is 3. The minimum absolute atomic E-state index is 0.103. The van der Waals surface area contributed by atoms with Crippen LogP contribution in [0.1, 0.15) is 70.3 Å². The molecule has 4 fully saturated rings. The Morgan fingerprint density at radius 3 is 2.56 bits per heavy atom. The van der Waals surface area contributed by atoms with E-state index in [2.05, 4.69) is 17.7 Å². The van der Waals surface area contributed by atoms with Gasteiger partial charge in [-0.1, -0.05) is 56.5 Å². The Bertz CT molecular complexity index is 903. The van der Waals surface area contributed by atoms with Gasteiger partial charge in [-0.25, -0.2) is 4.79 Å². The highest BCUT2D eigenvalue weighted by atomic mass is 16.2. The molecule has 1 aromatic rings. The molecule has 2 aliphatic heterocycles. The van der Waals surface area contributed by atoms with Gasteiger partial charge in [-0.3, -0.25) is 19.5 Å². The van der Waals surface area contributed by atoms with Gasteiger partial charge in [0.05, 0.1) is 12.5 Å². The minimum Gasteiger partial charge on any atom is -0.353 e. The average Bonchev–Trinajstić information content (AvgIpc) is 3.18. The molecule has 8 nitrogen and oxygen atoms in total. The summed E-state index contributed by atoms with van der Waals surface area (Å²) < 4.78 is 0. The van der Waals surface area contributed by atoms with E-state index in [4.69, 9.17) is 0 Å². The summed E-state index contributed by atoms with van der Waals surface area (Å²) in [5.74, 6) is -0.165. The SMILES string of the molecule is CCCN1C(=O)C2CCC(C(=O)NC3CCCCC3)CC2N2C(=O)N(Cc3ccccc3)NC12. The van der Waals surface area contributed by atoms with Crippen LogP contribution in [0.25, 0.3) is 0 Å². The Balaban J connectivity index is 1.34. The zero-order valence-corrected chi connectivity index (χ0v) is 20.1. The van der Waals surface area contributed by atoms with E-state index in [-0.39, 0.29) is 41.8 Å². The van der Waals surface area contributed by atoms with Gasteiger partial charge >= 0.3 is 6.03 Å². The smallest absolute Gasteiger partial charge is 0.337 e. The van der Waals surface area contributed by atoms with Crippen molar-refractivity contribution in [3.63, 3.8) is 0 Å². The van der Waals surface area contributed by atoms with Crippen LogP contribution in [0.4, 0.5) is 4.79 Å². The Morgan fingerprint density at radius 1 is 1.06 bits per heavy atom. The molecule has 184 valence electrons. The highest BCUT2D eigenvalue weighted by Gasteiger charge is 2.55. The summed E-state index contributed by atoms with van der Waals surface area (Å²) in [5.41, 5.74) is 4.34. The van der Waals surface area contributed by atoms with Gasteiger partial charge in [0.2, 0.25) is 11.8 Å². The first kappa shape index (κ1) is 23.1. The summed E-state index contributed by atoms with van der Waals surface area (Å²) in [6.07, 6.45) is 7.98. The van der Waals surface area contributed by atoms with Crippen LogP contribution in [0.2, 0.25) is 0 Å². The molecule has 2 aliphatic carbocycles. The summed E-state index contributed by atoms with van der Waals surface area (Å²) in [4.78, 5) is 43.9. The number of amides is 4. The number of nitrogens with zero attached hydrogens (tertiary/aromatic N) is 3. The van der Waals surface area contributed by atoms with Crippen LogP contribution >= 0.6 is 0 Å². The number of nitrogens with one attached hydrogen (secondary N) is 2. The molecule has 0 bridgehead atoms. The second-order valence-electron chi connectivity index (χ2n) is 10.3. The second-order valence-corrected chi connectivity index (χ2v) is 10.3. The molecule has 4 atom stereocenters. The van der Waals surface area contributed by atoms with Crippen molar-refractivity contribution in [1.29, 1.82) is 0 Å². The molecule has 34 heavy (non-hydrogen) atoms. The number of benzene rings is 1. The van der Waals surface area contributed by atoms with E-state index in [0.29, 0.717) is 32.4 Å². The van der Waals surface area contributed by atoms with Gasteiger partial charge in [-0.15, -0.1) is 0 Å². The number of rotatable bonds is 6. The van der Waals surface area contributed by atoms with Crippen molar-refractivity contribution in [2.75, 3.05) is 6.54 Å². The summed E-state index contributed by atoms with van der Waals surface area (Å²) in [5, 5.41) is 4.90. The fourth-order valence-corrected chi connectivity index (χ4v) is 6.28. The van der Waals surface area contributed by atoms with Gasteiger partial charge in [-0.05, 0) is 44.1 Å². The first-order chi connectivity index (χ1) is 16.6. The zero-order chi connectivity index (χ0) is 23.7. The molecule has 2 N–H and O–H groups in total. The molecule has 2 saturated heterocycles. The molecule has 5 rings (SSSR count). The van der Waals surface area contributed by atoms with Crippen LogP contribution < -0.4 is 10.7 Å². The molecule has 4 aliphatic rings. The topological polar surface area (TPSA) is 85.0 Å². The highest BCUT2D eigenvalue weighted by Crippen LogP contribution is 2.40. The average molecular weight is 468 g/mol. The maximum atomic E-state index is 13.6. The van der Waals surface area contributed by atoms with Gasteiger partial charge in [0, 0.05) is 24.5 Å². The number of urea groups is 1. The molecule has 0 spiro atoms. The van der Waals surface area contributed by atoms with Crippen molar-refractivity contribution in [2.45, 2.75) is 89.6 Å². The fraction of sp³-hybridized carbons (Fsp3) is 0.654. The maximum Gasteiger partial charge on any atom is 0.337 e. The minimum atomic E-state index is -0.481. The largest absolute Gasteiger partial charge is 0.353 e. The van der Waals surface area contributed by atoms with Crippen LogP contribution in [0.5, 0.6) is 0 Å². The lowest BCUT2D eigenvalue weighted by molar-refractivity contribution is -0.158. The van der Waals surface area contributed by atoms with E-state index in [0.717, 1.165) is 24.8 Å². The summed E-state index contributed by atoms with van der Waals surface area (Å²) in [6, 6.07) is 9.79. The molecule has 2 heterocycles. The molecular weight excluding hydrogens is 430 g/mol. The van der Waals surface area contributed by atoms with E-state index >= 15 is 0 Å². The lowest BCUT2D eigenvalue weighted by atomic mass is 9.75. The molecule has 8 heteroatoms. The van der Waals surface area contributed by atoms with Crippen molar-refractivity contribution >= 4 is 17.8 Å². The quantitative estimate of drug-likeness (QED) is 0.673. The van der Waals surface area contributed by atoms with Crippen LogP contribution in [-0.2, 0) is 16.1 Å². The van der Waals surface area contributed by atoms with Crippen molar-refractivity contribution in [2.24, 2.45) is 11.8 Å². The van der Waals surface area contributed by atoms with Crippen LogP contribution in [0.3, 0.4) is 0 Å². The summed E-state index contributed by atoms with van der Waals surface area (Å²) >= 11 is 0. The number of carbonyl (C=O) groups excluding carboxylic acids is 3. The van der Waals surface area contributed by atoms with Gasteiger partial charge in [-0.2, -0.15) is 5.43 Å². The zero-order valence-electron chi connectivity index (χ0n) is 20.1.